The largest absolute Gasteiger partial charge is 0.495 e. The Morgan fingerprint density at radius 1 is 1.12 bits per heavy atom. The molecule has 0 saturated heterocycles. The molecule has 0 aromatic carbocycles. The molecule has 0 unspecified atom stereocenters. The minimum absolute atomic E-state index is 0.00964. The Balaban J connectivity index is 4.42. The van der Waals surface area contributed by atoms with Crippen LogP contribution in [0.4, 0.5) is 0 Å². The summed E-state index contributed by atoms with van der Waals surface area (Å²) in [6.45, 7) is 8.56. The second-order valence-corrected chi connectivity index (χ2v) is 4.08. The molecule has 5 nitrogen and oxygen atoms in total. The summed E-state index contributed by atoms with van der Waals surface area (Å²) >= 11 is 0. The minimum Gasteiger partial charge on any atom is -0.495 e. The molecule has 0 saturated carbocycles. The van der Waals surface area contributed by atoms with E-state index in [1.807, 2.05) is 27.7 Å². The van der Waals surface area contributed by atoms with Gasteiger partial charge in [0.15, 0.2) is 0 Å². The average Bonchev–Trinajstić information content (AvgIpc) is 2.11. The molecule has 0 aromatic rings. The first-order valence-electron chi connectivity index (χ1n) is 5.53. The molecule has 0 aliphatic heterocycles. The van der Waals surface area contributed by atoms with Crippen molar-refractivity contribution in [2.75, 3.05) is 0 Å². The van der Waals surface area contributed by atoms with E-state index in [9.17, 15) is 9.59 Å². The molecule has 0 N–H and O–H groups in total. The van der Waals surface area contributed by atoms with Crippen LogP contribution in [0.5, 0.6) is 0 Å². The van der Waals surface area contributed by atoms with Crippen LogP contribution in [0.1, 0.15) is 41.0 Å². The van der Waals surface area contributed by atoms with Crippen LogP contribution in [0.2, 0.25) is 0 Å². The van der Waals surface area contributed by atoms with Gasteiger partial charge in [-0.3, -0.25) is 9.59 Å². The van der Waals surface area contributed by atoms with Gasteiger partial charge in [0, 0.05) is 6.92 Å². The molecule has 0 fully saturated rings. The molecule has 17 heavy (non-hydrogen) atoms. The van der Waals surface area contributed by atoms with Crippen molar-refractivity contribution in [3.05, 3.63) is 12.0 Å². The van der Waals surface area contributed by atoms with Crippen molar-refractivity contribution in [1.29, 1.82) is 0 Å². The van der Waals surface area contributed by atoms with Crippen LogP contribution in [0.25, 0.3) is 0 Å². The van der Waals surface area contributed by atoms with Gasteiger partial charge in [0.25, 0.3) is 0 Å². The maximum absolute atomic E-state index is 11.3. The molecule has 0 amide bonds. The summed E-state index contributed by atoms with van der Waals surface area (Å²) in [5.41, 5.74) is 0. The first-order valence-corrected chi connectivity index (χ1v) is 5.53. The third kappa shape index (κ3) is 9.41. The predicted molar refractivity (Wildman–Crippen MR) is 61.9 cm³/mol. The van der Waals surface area contributed by atoms with Gasteiger partial charge in [0.1, 0.15) is 18.4 Å². The standard InChI is InChI=1S/C12H20O5/c1-8(2)15-7-11(16-9(3)4)6-12(14)17-10(5)13/h7-9H,6H2,1-5H3. The maximum Gasteiger partial charge on any atom is 0.321 e. The zero-order valence-corrected chi connectivity index (χ0v) is 11.0. The molecule has 5 heteroatoms. The number of hydrogen-bond acceptors (Lipinski definition) is 5. The molecule has 0 aromatic heterocycles. The number of carbonyl (C=O) groups excluding carboxylic acids is 2. The van der Waals surface area contributed by atoms with E-state index < -0.39 is 11.9 Å². The van der Waals surface area contributed by atoms with Crippen LogP contribution in [0.15, 0.2) is 12.0 Å². The fourth-order valence-corrected chi connectivity index (χ4v) is 0.964. The highest BCUT2D eigenvalue weighted by atomic mass is 16.6. The van der Waals surface area contributed by atoms with Gasteiger partial charge >= 0.3 is 11.9 Å². The van der Waals surface area contributed by atoms with Gasteiger partial charge in [-0.1, -0.05) is 0 Å². The fourth-order valence-electron chi connectivity index (χ4n) is 0.964. The highest BCUT2D eigenvalue weighted by molar-refractivity contribution is 5.85. The molecular formula is C12H20O5. The molecular weight excluding hydrogens is 224 g/mol. The molecule has 0 spiro atoms. The van der Waals surface area contributed by atoms with E-state index in [1.165, 1.54) is 13.2 Å². The van der Waals surface area contributed by atoms with Gasteiger partial charge < -0.3 is 14.2 Å². The van der Waals surface area contributed by atoms with Crippen LogP contribution < -0.4 is 0 Å². The molecule has 98 valence electrons. The molecule has 0 heterocycles. The Hall–Kier alpha value is -1.52. The van der Waals surface area contributed by atoms with Crippen LogP contribution in [0.3, 0.4) is 0 Å². The van der Waals surface area contributed by atoms with Gasteiger partial charge in [-0.2, -0.15) is 0 Å². The van der Waals surface area contributed by atoms with E-state index in [0.717, 1.165) is 0 Å². The zero-order valence-electron chi connectivity index (χ0n) is 11.0. The lowest BCUT2D eigenvalue weighted by Crippen LogP contribution is -2.13. The smallest absolute Gasteiger partial charge is 0.321 e. The molecule has 0 radical (unpaired) electrons. The van der Waals surface area contributed by atoms with Crippen molar-refractivity contribution in [2.24, 2.45) is 0 Å². The minimum atomic E-state index is -0.656. The topological polar surface area (TPSA) is 61.8 Å². The summed E-state index contributed by atoms with van der Waals surface area (Å²) in [7, 11) is 0. The average molecular weight is 244 g/mol. The first kappa shape index (κ1) is 15.5. The molecule has 0 rings (SSSR count). The van der Waals surface area contributed by atoms with Gasteiger partial charge in [-0.25, -0.2) is 0 Å². The number of esters is 2. The van der Waals surface area contributed by atoms with Crippen molar-refractivity contribution in [3.8, 4) is 0 Å². The maximum atomic E-state index is 11.3. The number of carbonyl (C=O) groups is 2. The van der Waals surface area contributed by atoms with Crippen LogP contribution in [-0.2, 0) is 23.8 Å². The van der Waals surface area contributed by atoms with Crippen molar-refractivity contribution < 1.29 is 23.8 Å². The third-order valence-corrected chi connectivity index (χ3v) is 1.43. The summed E-state index contributed by atoms with van der Waals surface area (Å²) in [6, 6.07) is 0. The van der Waals surface area contributed by atoms with E-state index in [-0.39, 0.29) is 18.6 Å². The van der Waals surface area contributed by atoms with E-state index in [0.29, 0.717) is 5.76 Å². The zero-order chi connectivity index (χ0) is 13.4. The number of hydrogen-bond donors (Lipinski definition) is 0. The van der Waals surface area contributed by atoms with Crippen molar-refractivity contribution in [1.82, 2.24) is 0 Å². The Morgan fingerprint density at radius 3 is 2.12 bits per heavy atom. The van der Waals surface area contributed by atoms with Crippen molar-refractivity contribution in [2.45, 2.75) is 53.2 Å². The Labute approximate surface area is 102 Å². The number of ether oxygens (including phenoxy) is 3. The normalized spacial score (nSPS) is 11.6. The summed E-state index contributed by atoms with van der Waals surface area (Å²) in [5, 5.41) is 0. The lowest BCUT2D eigenvalue weighted by molar-refractivity contribution is -0.158. The van der Waals surface area contributed by atoms with Crippen molar-refractivity contribution >= 4 is 11.9 Å². The van der Waals surface area contributed by atoms with E-state index in [1.54, 1.807) is 0 Å². The second-order valence-electron chi connectivity index (χ2n) is 4.08. The van der Waals surface area contributed by atoms with Gasteiger partial charge in [-0.15, -0.1) is 0 Å². The molecule has 0 bridgehead atoms. The summed E-state index contributed by atoms with van der Waals surface area (Å²) in [5.74, 6) is -0.944. The highest BCUT2D eigenvalue weighted by Gasteiger charge is 2.13. The fraction of sp³-hybridized carbons (Fsp3) is 0.667. The second kappa shape index (κ2) is 7.70. The predicted octanol–water partition coefficient (Wildman–Crippen LogP) is 2.16. The lowest BCUT2D eigenvalue weighted by Gasteiger charge is -2.14. The highest BCUT2D eigenvalue weighted by Crippen LogP contribution is 2.10. The Morgan fingerprint density at radius 2 is 1.71 bits per heavy atom. The quantitative estimate of drug-likeness (QED) is 0.407. The van der Waals surface area contributed by atoms with E-state index >= 15 is 0 Å². The summed E-state index contributed by atoms with van der Waals surface area (Å²) < 4.78 is 15.0. The lowest BCUT2D eigenvalue weighted by atomic mass is 10.3. The Kier molecular flexibility index (Phi) is 7.02. The van der Waals surface area contributed by atoms with Gasteiger partial charge in [0.05, 0.1) is 12.2 Å². The Bertz CT molecular complexity index is 291. The monoisotopic (exact) mass is 244 g/mol. The van der Waals surface area contributed by atoms with Crippen LogP contribution in [0, 0.1) is 0 Å². The number of rotatable bonds is 6. The van der Waals surface area contributed by atoms with Crippen molar-refractivity contribution in [3.63, 3.8) is 0 Å². The third-order valence-electron chi connectivity index (χ3n) is 1.43. The van der Waals surface area contributed by atoms with E-state index in [2.05, 4.69) is 4.74 Å². The first-order chi connectivity index (χ1) is 7.81. The van der Waals surface area contributed by atoms with Crippen LogP contribution >= 0.6 is 0 Å². The van der Waals surface area contributed by atoms with Gasteiger partial charge in [-0.05, 0) is 27.7 Å². The molecule has 0 atom stereocenters. The molecule has 0 aliphatic carbocycles. The summed E-state index contributed by atoms with van der Waals surface area (Å²) in [4.78, 5) is 21.9. The van der Waals surface area contributed by atoms with Gasteiger partial charge in [0.2, 0.25) is 0 Å². The van der Waals surface area contributed by atoms with E-state index in [4.69, 9.17) is 9.47 Å². The summed E-state index contributed by atoms with van der Waals surface area (Å²) in [6.07, 6.45) is 1.17. The SMILES string of the molecule is CC(=O)OC(=O)CC(=COC(C)C)OC(C)C. The molecule has 0 aliphatic rings. The van der Waals surface area contributed by atoms with Crippen LogP contribution in [-0.4, -0.2) is 24.1 Å².